The van der Waals surface area contributed by atoms with E-state index < -0.39 is 0 Å². The topological polar surface area (TPSA) is 32.3 Å². The molecule has 0 aliphatic carbocycles. The Morgan fingerprint density at radius 3 is 2.67 bits per heavy atom. The van der Waals surface area contributed by atoms with E-state index in [1.54, 1.807) is 0 Å². The van der Waals surface area contributed by atoms with Crippen molar-refractivity contribution < 1.29 is 39.4 Å². The standard InChI is InChI=1S/C7H14O2S2.Na/c1-2-3-4-9-5-6-11-7(8)10;/h2-6H2,1H3,(H,8,10);/q;+1/p-1. The molecule has 12 heavy (non-hydrogen) atoms. The molecule has 2 nitrogen and oxygen atoms in total. The second-order valence-corrected chi connectivity index (χ2v) is 3.76. The number of rotatable bonds is 6. The Morgan fingerprint density at radius 1 is 1.50 bits per heavy atom. The third kappa shape index (κ3) is 13.8. The molecule has 0 N–H and O–H groups in total. The molecule has 66 valence electrons. The average molecular weight is 216 g/mol. The second-order valence-electron chi connectivity index (χ2n) is 2.06. The predicted molar refractivity (Wildman–Crippen MR) is 50.8 cm³/mol. The molecule has 0 aromatic carbocycles. The van der Waals surface area contributed by atoms with Crippen molar-refractivity contribution in [2.24, 2.45) is 0 Å². The van der Waals surface area contributed by atoms with Gasteiger partial charge < -0.3 is 9.84 Å². The molecule has 0 radical (unpaired) electrons. The molecule has 0 aliphatic rings. The van der Waals surface area contributed by atoms with Gasteiger partial charge in [-0.15, -0.1) is 11.8 Å². The van der Waals surface area contributed by atoms with Crippen LogP contribution < -0.4 is 34.7 Å². The molecule has 0 amide bonds. The average Bonchev–Trinajstić information content (AvgIpc) is 1.96. The minimum absolute atomic E-state index is 0. The van der Waals surface area contributed by atoms with Gasteiger partial charge in [-0.1, -0.05) is 25.6 Å². The normalized spacial score (nSPS) is 9.08. The van der Waals surface area contributed by atoms with Gasteiger partial charge >= 0.3 is 29.6 Å². The maximum absolute atomic E-state index is 10.3. The third-order valence-corrected chi connectivity index (χ3v) is 2.05. The van der Waals surface area contributed by atoms with Crippen LogP contribution in [0.25, 0.3) is 0 Å². The monoisotopic (exact) mass is 216 g/mol. The first-order valence-corrected chi connectivity index (χ1v) is 5.08. The Kier molecular flexibility index (Phi) is 15.9. The van der Waals surface area contributed by atoms with Gasteiger partial charge in [0.1, 0.15) is 0 Å². The van der Waals surface area contributed by atoms with Gasteiger partial charge in [-0.05, 0) is 10.8 Å². The Hall–Kier alpha value is 1.20. The number of hydrogen-bond donors (Lipinski definition) is 0. The molecular weight excluding hydrogens is 203 g/mol. The van der Waals surface area contributed by atoms with Crippen molar-refractivity contribution in [3.63, 3.8) is 0 Å². The summed E-state index contributed by atoms with van der Waals surface area (Å²) < 4.78 is 4.96. The minimum atomic E-state index is -0.246. The smallest absolute Gasteiger partial charge is 0.860 e. The molecule has 0 saturated heterocycles. The van der Waals surface area contributed by atoms with Crippen molar-refractivity contribution in [1.82, 2.24) is 0 Å². The van der Waals surface area contributed by atoms with Crippen molar-refractivity contribution in [3.05, 3.63) is 0 Å². The van der Waals surface area contributed by atoms with Gasteiger partial charge in [0, 0.05) is 12.4 Å². The van der Waals surface area contributed by atoms with E-state index in [0.717, 1.165) is 31.2 Å². The molecule has 5 heteroatoms. The predicted octanol–water partition coefficient (Wildman–Crippen LogP) is -1.81. The maximum Gasteiger partial charge on any atom is 1.00 e. The summed E-state index contributed by atoms with van der Waals surface area (Å²) in [4.78, 5) is 0. The van der Waals surface area contributed by atoms with Crippen LogP contribution in [0.2, 0.25) is 0 Å². The van der Waals surface area contributed by atoms with Crippen molar-refractivity contribution in [3.8, 4) is 0 Å². The van der Waals surface area contributed by atoms with Gasteiger partial charge in [-0.3, -0.25) is 0 Å². The zero-order valence-corrected chi connectivity index (χ0v) is 11.3. The SMILES string of the molecule is CCCCOCCSC([O-])=S.[Na+]. The molecule has 0 aromatic rings. The van der Waals surface area contributed by atoms with Crippen LogP contribution in [0.4, 0.5) is 0 Å². The Bertz CT molecular complexity index is 112. The summed E-state index contributed by atoms with van der Waals surface area (Å²) >= 11 is 5.49. The van der Waals surface area contributed by atoms with Gasteiger partial charge in [-0.25, -0.2) is 0 Å². The van der Waals surface area contributed by atoms with E-state index in [1.807, 2.05) is 0 Å². The first-order chi connectivity index (χ1) is 5.27. The molecule has 0 fully saturated rings. The van der Waals surface area contributed by atoms with E-state index >= 15 is 0 Å². The van der Waals surface area contributed by atoms with E-state index in [4.69, 9.17) is 4.74 Å². The van der Waals surface area contributed by atoms with Crippen LogP contribution in [0.1, 0.15) is 19.8 Å². The molecule has 0 aromatic heterocycles. The summed E-state index contributed by atoms with van der Waals surface area (Å²) in [5.74, 6) is 0.687. The van der Waals surface area contributed by atoms with Crippen LogP contribution in [-0.4, -0.2) is 23.3 Å². The van der Waals surface area contributed by atoms with Crippen molar-refractivity contribution >= 4 is 28.4 Å². The van der Waals surface area contributed by atoms with E-state index in [0.29, 0.717) is 12.4 Å². The molecule has 0 unspecified atom stereocenters. The molecule has 0 spiro atoms. The number of ether oxygens (including phenoxy) is 1. The zero-order valence-electron chi connectivity index (χ0n) is 7.67. The molecule has 0 atom stereocenters. The summed E-state index contributed by atoms with van der Waals surface area (Å²) in [6.07, 6.45) is 2.24. The van der Waals surface area contributed by atoms with E-state index in [9.17, 15) is 5.11 Å². The van der Waals surface area contributed by atoms with Crippen LogP contribution in [-0.2, 0) is 4.74 Å². The molecule has 0 saturated carbocycles. The number of unbranched alkanes of at least 4 members (excludes halogenated alkanes) is 1. The molecule has 0 bridgehead atoms. The van der Waals surface area contributed by atoms with Crippen LogP contribution >= 0.6 is 24.0 Å². The van der Waals surface area contributed by atoms with Crippen molar-refractivity contribution in [2.45, 2.75) is 19.8 Å². The third-order valence-electron chi connectivity index (χ3n) is 1.09. The van der Waals surface area contributed by atoms with Gasteiger partial charge in [0.2, 0.25) is 0 Å². The summed E-state index contributed by atoms with van der Waals surface area (Å²) in [7, 11) is 0. The fraction of sp³-hybridized carbons (Fsp3) is 0.857. The van der Waals surface area contributed by atoms with E-state index in [2.05, 4.69) is 19.1 Å². The Morgan fingerprint density at radius 2 is 2.17 bits per heavy atom. The van der Waals surface area contributed by atoms with Crippen molar-refractivity contribution in [1.29, 1.82) is 0 Å². The summed E-state index contributed by atoms with van der Waals surface area (Å²) in [6.45, 7) is 3.54. The first kappa shape index (κ1) is 15.7. The molecule has 0 heterocycles. The second kappa shape index (κ2) is 12.2. The number of thioether (sulfide) groups is 1. The summed E-state index contributed by atoms with van der Waals surface area (Å²) in [5.41, 5.74) is 0. The Balaban J connectivity index is 0. The zero-order chi connectivity index (χ0) is 8.53. The molecule has 0 aliphatic heterocycles. The molecule has 0 rings (SSSR count). The maximum atomic E-state index is 10.3. The van der Waals surface area contributed by atoms with Crippen LogP contribution in [0.5, 0.6) is 0 Å². The van der Waals surface area contributed by atoms with E-state index in [1.165, 1.54) is 0 Å². The number of thiocarbonyl (C=S) groups is 1. The summed E-state index contributed by atoms with van der Waals surface area (Å²) in [5, 5.41) is 10.3. The Labute approximate surface area is 106 Å². The van der Waals surface area contributed by atoms with Crippen molar-refractivity contribution in [2.75, 3.05) is 19.0 Å². The number of hydrogen-bond acceptors (Lipinski definition) is 4. The van der Waals surface area contributed by atoms with E-state index in [-0.39, 0.29) is 33.9 Å². The van der Waals surface area contributed by atoms with Crippen LogP contribution in [0, 0.1) is 0 Å². The minimum Gasteiger partial charge on any atom is -0.860 e. The van der Waals surface area contributed by atoms with Gasteiger partial charge in [0.15, 0.2) is 0 Å². The van der Waals surface area contributed by atoms with Gasteiger partial charge in [0.05, 0.1) is 6.61 Å². The van der Waals surface area contributed by atoms with Gasteiger partial charge in [0.25, 0.3) is 0 Å². The van der Waals surface area contributed by atoms with Crippen LogP contribution in [0.15, 0.2) is 0 Å². The quantitative estimate of drug-likeness (QED) is 0.297. The first-order valence-electron chi connectivity index (χ1n) is 3.69. The fourth-order valence-corrected chi connectivity index (χ4v) is 1.15. The molecular formula is C7H13NaO2S2. The summed E-state index contributed by atoms with van der Waals surface area (Å²) in [6, 6.07) is 0. The fourth-order valence-electron chi connectivity index (χ4n) is 0.532. The van der Waals surface area contributed by atoms with Gasteiger partial charge in [-0.2, -0.15) is 0 Å². The van der Waals surface area contributed by atoms with Crippen LogP contribution in [0.3, 0.4) is 0 Å². The largest absolute Gasteiger partial charge is 1.00 e.